The number of rotatable bonds is 1. The van der Waals surface area contributed by atoms with E-state index in [0.717, 1.165) is 32.3 Å². The molecule has 0 saturated heterocycles. The van der Waals surface area contributed by atoms with Crippen LogP contribution < -0.4 is 5.73 Å². The first-order chi connectivity index (χ1) is 11.8. The Balaban J connectivity index is 1.87. The van der Waals surface area contributed by atoms with Crippen molar-refractivity contribution in [3.8, 4) is 23.0 Å². The number of nitrogens with zero attached hydrogens (tertiary/aromatic N) is 2. The molecule has 0 atom stereocenters. The Morgan fingerprint density at radius 3 is 2.62 bits per heavy atom. The van der Waals surface area contributed by atoms with Crippen molar-refractivity contribution in [2.45, 2.75) is 0 Å². The molecule has 0 aliphatic heterocycles. The van der Waals surface area contributed by atoms with Crippen LogP contribution in [0.15, 0.2) is 66.4 Å². The third-order valence-electron chi connectivity index (χ3n) is 3.71. The van der Waals surface area contributed by atoms with Crippen molar-refractivity contribution in [3.63, 3.8) is 0 Å². The summed E-state index contributed by atoms with van der Waals surface area (Å²) in [6, 6.07) is 14.0. The van der Waals surface area contributed by atoms with Gasteiger partial charge in [-0.1, -0.05) is 42.2 Å². The lowest BCUT2D eigenvalue weighted by Gasteiger charge is -2.03. The topological polar surface area (TPSA) is 51.8 Å². The normalized spacial score (nSPS) is 10.3. The van der Waals surface area contributed by atoms with Crippen molar-refractivity contribution < 1.29 is 0 Å². The second kappa shape index (κ2) is 6.15. The molecule has 24 heavy (non-hydrogen) atoms. The van der Waals surface area contributed by atoms with Gasteiger partial charge in [-0.05, 0) is 23.1 Å². The maximum atomic E-state index is 6.15. The van der Waals surface area contributed by atoms with Crippen LogP contribution in [0.4, 0.5) is 5.82 Å². The van der Waals surface area contributed by atoms with E-state index in [1.54, 1.807) is 29.9 Å². The molecule has 4 heteroatoms. The highest BCUT2D eigenvalue weighted by Crippen LogP contribution is 2.38. The molecule has 3 nitrogen and oxygen atoms in total. The van der Waals surface area contributed by atoms with Crippen LogP contribution in [0.3, 0.4) is 0 Å². The molecule has 3 aromatic heterocycles. The zero-order valence-corrected chi connectivity index (χ0v) is 13.5. The third-order valence-corrected chi connectivity index (χ3v) is 4.73. The van der Waals surface area contributed by atoms with Gasteiger partial charge in [0.25, 0.3) is 0 Å². The minimum absolute atomic E-state index is 0.539. The molecule has 4 rings (SSSR count). The van der Waals surface area contributed by atoms with Crippen LogP contribution in [-0.2, 0) is 0 Å². The number of hydrogen-bond acceptors (Lipinski definition) is 4. The van der Waals surface area contributed by atoms with Crippen molar-refractivity contribution in [2.75, 3.05) is 5.73 Å². The lowest BCUT2D eigenvalue weighted by Crippen LogP contribution is -1.92. The molecule has 0 fully saturated rings. The monoisotopic (exact) mass is 327 g/mol. The molecule has 0 saturated carbocycles. The number of anilines is 1. The fourth-order valence-corrected chi connectivity index (χ4v) is 3.62. The van der Waals surface area contributed by atoms with Gasteiger partial charge in [0.15, 0.2) is 0 Å². The van der Waals surface area contributed by atoms with Crippen LogP contribution in [0.2, 0.25) is 0 Å². The Morgan fingerprint density at radius 2 is 1.83 bits per heavy atom. The van der Waals surface area contributed by atoms with Gasteiger partial charge in [0.2, 0.25) is 0 Å². The van der Waals surface area contributed by atoms with Crippen molar-refractivity contribution in [3.05, 3.63) is 77.6 Å². The Morgan fingerprint density at radius 1 is 0.958 bits per heavy atom. The standard InChI is InChI=1S/C20H13N3S/c21-20-18-17(15-6-2-1-3-7-15)13-24-19(18)16(12-23-20)9-8-14-5-4-10-22-11-14/h1-7,10-13H,(H2,21,23). The first kappa shape index (κ1) is 14.4. The number of nitrogens with two attached hydrogens (primary N) is 1. The number of hydrogen-bond donors (Lipinski definition) is 1. The highest BCUT2D eigenvalue weighted by molar-refractivity contribution is 7.18. The number of nitrogen functional groups attached to an aromatic ring is 1. The van der Waals surface area contributed by atoms with Gasteiger partial charge in [0, 0.05) is 35.1 Å². The number of pyridine rings is 2. The summed E-state index contributed by atoms with van der Waals surface area (Å²) in [5, 5.41) is 3.09. The summed E-state index contributed by atoms with van der Waals surface area (Å²) in [7, 11) is 0. The summed E-state index contributed by atoms with van der Waals surface area (Å²) < 4.78 is 1.07. The van der Waals surface area contributed by atoms with Crippen molar-refractivity contribution >= 4 is 27.2 Å². The Kier molecular flexibility index (Phi) is 3.70. The van der Waals surface area contributed by atoms with Crippen molar-refractivity contribution in [1.82, 2.24) is 9.97 Å². The zero-order valence-electron chi connectivity index (χ0n) is 12.7. The highest BCUT2D eigenvalue weighted by Gasteiger charge is 2.12. The molecule has 114 valence electrons. The van der Waals surface area contributed by atoms with Gasteiger partial charge in [0.1, 0.15) is 5.82 Å². The van der Waals surface area contributed by atoms with Gasteiger partial charge in [-0.2, -0.15) is 0 Å². The van der Waals surface area contributed by atoms with E-state index >= 15 is 0 Å². The van der Waals surface area contributed by atoms with E-state index < -0.39 is 0 Å². The van der Waals surface area contributed by atoms with Crippen LogP contribution >= 0.6 is 11.3 Å². The quantitative estimate of drug-likeness (QED) is 0.529. The maximum absolute atomic E-state index is 6.15. The van der Waals surface area contributed by atoms with Gasteiger partial charge >= 0.3 is 0 Å². The maximum Gasteiger partial charge on any atom is 0.132 e. The first-order valence-corrected chi connectivity index (χ1v) is 8.34. The summed E-state index contributed by atoms with van der Waals surface area (Å²) in [6.45, 7) is 0. The SMILES string of the molecule is Nc1ncc(C#Cc2cccnc2)c2scc(-c3ccccc3)c12. The molecule has 1 aromatic carbocycles. The van der Waals surface area contributed by atoms with Crippen LogP contribution in [0.25, 0.3) is 21.2 Å². The number of aromatic nitrogens is 2. The van der Waals surface area contributed by atoms with Gasteiger partial charge in [-0.3, -0.25) is 4.98 Å². The molecule has 0 aliphatic rings. The van der Waals surface area contributed by atoms with Gasteiger partial charge in [-0.25, -0.2) is 4.98 Å². The van der Waals surface area contributed by atoms with E-state index in [1.807, 2.05) is 30.3 Å². The summed E-state index contributed by atoms with van der Waals surface area (Å²) in [5.41, 5.74) is 10.2. The Labute approximate surface area is 143 Å². The fourth-order valence-electron chi connectivity index (χ4n) is 2.56. The predicted octanol–water partition coefficient (Wildman–Crippen LogP) is 4.34. The lowest BCUT2D eigenvalue weighted by molar-refractivity contribution is 1.31. The van der Waals surface area contributed by atoms with Crippen molar-refractivity contribution in [1.29, 1.82) is 0 Å². The number of benzene rings is 1. The lowest BCUT2D eigenvalue weighted by atomic mass is 10.0. The van der Waals surface area contributed by atoms with Crippen LogP contribution in [-0.4, -0.2) is 9.97 Å². The molecule has 3 heterocycles. The largest absolute Gasteiger partial charge is 0.383 e. The van der Waals surface area contributed by atoms with Gasteiger partial charge < -0.3 is 5.73 Å². The van der Waals surface area contributed by atoms with Crippen LogP contribution in [0.1, 0.15) is 11.1 Å². The minimum Gasteiger partial charge on any atom is -0.383 e. The minimum atomic E-state index is 0.539. The van der Waals surface area contributed by atoms with E-state index in [1.165, 1.54) is 0 Å². The second-order valence-electron chi connectivity index (χ2n) is 5.27. The summed E-state index contributed by atoms with van der Waals surface area (Å²) in [4.78, 5) is 8.43. The molecule has 2 N–H and O–H groups in total. The van der Waals surface area contributed by atoms with E-state index in [-0.39, 0.29) is 0 Å². The van der Waals surface area contributed by atoms with Crippen LogP contribution in [0, 0.1) is 11.8 Å². The second-order valence-corrected chi connectivity index (χ2v) is 6.15. The molecule has 0 bridgehead atoms. The Hall–Kier alpha value is -3.16. The summed E-state index contributed by atoms with van der Waals surface area (Å²) >= 11 is 1.65. The molecular formula is C20H13N3S. The first-order valence-electron chi connectivity index (χ1n) is 7.46. The zero-order chi connectivity index (χ0) is 16.4. The van der Waals surface area contributed by atoms with E-state index in [0.29, 0.717) is 5.82 Å². The van der Waals surface area contributed by atoms with Crippen molar-refractivity contribution in [2.24, 2.45) is 0 Å². The number of fused-ring (bicyclic) bond motifs is 1. The fraction of sp³-hybridized carbons (Fsp3) is 0. The molecule has 4 aromatic rings. The molecule has 0 amide bonds. The average molecular weight is 327 g/mol. The average Bonchev–Trinajstić information content (AvgIpc) is 3.09. The van der Waals surface area contributed by atoms with E-state index in [4.69, 9.17) is 5.73 Å². The molecule has 0 spiro atoms. The Bertz CT molecular complexity index is 1060. The number of thiophene rings is 1. The third kappa shape index (κ3) is 2.62. The van der Waals surface area contributed by atoms with Crippen LogP contribution in [0.5, 0.6) is 0 Å². The van der Waals surface area contributed by atoms with E-state index in [2.05, 4.69) is 39.3 Å². The molecular weight excluding hydrogens is 314 g/mol. The van der Waals surface area contributed by atoms with Gasteiger partial charge in [-0.15, -0.1) is 11.3 Å². The highest BCUT2D eigenvalue weighted by atomic mass is 32.1. The van der Waals surface area contributed by atoms with Gasteiger partial charge in [0.05, 0.1) is 10.3 Å². The smallest absolute Gasteiger partial charge is 0.132 e. The predicted molar refractivity (Wildman–Crippen MR) is 99.7 cm³/mol. The summed E-state index contributed by atoms with van der Waals surface area (Å²) in [5.74, 6) is 6.87. The van der Waals surface area contributed by atoms with E-state index in [9.17, 15) is 0 Å². The molecule has 0 radical (unpaired) electrons. The molecule has 0 aliphatic carbocycles. The molecule has 0 unspecified atom stereocenters. The summed E-state index contributed by atoms with van der Waals surface area (Å²) in [6.07, 6.45) is 5.23.